The molecule has 4 nitrogen and oxygen atoms in total. The first-order chi connectivity index (χ1) is 5.76. The van der Waals surface area contributed by atoms with Crippen LogP contribution in [0.1, 0.15) is 6.42 Å². The highest BCUT2D eigenvalue weighted by Gasteiger charge is 2.22. The molecule has 5 heteroatoms. The first-order valence-corrected chi connectivity index (χ1v) is 3.81. The Kier molecular flexibility index (Phi) is 3.01. The van der Waals surface area contributed by atoms with Crippen molar-refractivity contribution in [1.82, 2.24) is 10.2 Å². The molecule has 1 fully saturated rings. The smallest absolute Gasteiger partial charge is 0.251 e. The second-order valence-corrected chi connectivity index (χ2v) is 2.79. The predicted molar refractivity (Wildman–Crippen MR) is 40.2 cm³/mol. The Morgan fingerprint density at radius 2 is 2.50 bits per heavy atom. The Balaban J connectivity index is 2.27. The molecule has 0 spiro atoms. The topological polar surface area (TPSA) is 49.4 Å². The standard InChI is InChI=1S/C7H11FN2O2/c8-3-7(12)9-6-1-2-10(4-6)5-11/h5-6H,1-4H2,(H,9,12). The zero-order chi connectivity index (χ0) is 8.97. The molecule has 1 heterocycles. The average molecular weight is 174 g/mol. The average Bonchev–Trinajstić information content (AvgIpc) is 2.52. The highest BCUT2D eigenvalue weighted by Crippen LogP contribution is 2.05. The molecule has 0 saturated carbocycles. The molecule has 0 bridgehead atoms. The molecule has 0 aromatic carbocycles. The third-order valence-corrected chi connectivity index (χ3v) is 1.86. The van der Waals surface area contributed by atoms with Gasteiger partial charge < -0.3 is 10.2 Å². The molecule has 1 aliphatic heterocycles. The van der Waals surface area contributed by atoms with E-state index in [1.54, 1.807) is 4.90 Å². The second kappa shape index (κ2) is 4.04. The van der Waals surface area contributed by atoms with Gasteiger partial charge in [0.15, 0.2) is 6.67 Å². The van der Waals surface area contributed by atoms with Gasteiger partial charge in [0.1, 0.15) is 0 Å². The van der Waals surface area contributed by atoms with Gasteiger partial charge in [-0.05, 0) is 6.42 Å². The number of hydrogen-bond donors (Lipinski definition) is 1. The lowest BCUT2D eigenvalue weighted by Crippen LogP contribution is -2.37. The van der Waals surface area contributed by atoms with E-state index in [-0.39, 0.29) is 6.04 Å². The van der Waals surface area contributed by atoms with Crippen LogP contribution in [-0.2, 0) is 9.59 Å². The van der Waals surface area contributed by atoms with Gasteiger partial charge in [0.05, 0.1) is 0 Å². The van der Waals surface area contributed by atoms with E-state index in [4.69, 9.17) is 0 Å². The van der Waals surface area contributed by atoms with E-state index >= 15 is 0 Å². The van der Waals surface area contributed by atoms with E-state index in [1.165, 1.54) is 0 Å². The van der Waals surface area contributed by atoms with Crippen molar-refractivity contribution in [2.45, 2.75) is 12.5 Å². The largest absolute Gasteiger partial charge is 0.349 e. The molecular weight excluding hydrogens is 163 g/mol. The van der Waals surface area contributed by atoms with Gasteiger partial charge >= 0.3 is 0 Å². The zero-order valence-electron chi connectivity index (χ0n) is 6.62. The summed E-state index contributed by atoms with van der Waals surface area (Å²) in [6.07, 6.45) is 1.45. The monoisotopic (exact) mass is 174 g/mol. The molecule has 0 aromatic heterocycles. The van der Waals surface area contributed by atoms with Crippen LogP contribution in [0.3, 0.4) is 0 Å². The van der Waals surface area contributed by atoms with E-state index < -0.39 is 12.6 Å². The van der Waals surface area contributed by atoms with E-state index in [9.17, 15) is 14.0 Å². The van der Waals surface area contributed by atoms with E-state index in [1.807, 2.05) is 0 Å². The number of alkyl halides is 1. The summed E-state index contributed by atoms with van der Waals surface area (Å²) in [5, 5.41) is 2.48. The van der Waals surface area contributed by atoms with Gasteiger partial charge in [-0.15, -0.1) is 0 Å². The van der Waals surface area contributed by atoms with Gasteiger partial charge in [-0.2, -0.15) is 0 Å². The lowest BCUT2D eigenvalue weighted by Gasteiger charge is -2.10. The number of nitrogens with one attached hydrogen (secondary N) is 1. The van der Waals surface area contributed by atoms with Crippen LogP contribution in [0.25, 0.3) is 0 Å². The molecule has 1 rings (SSSR count). The highest BCUT2D eigenvalue weighted by molar-refractivity contribution is 5.77. The summed E-state index contributed by atoms with van der Waals surface area (Å²) >= 11 is 0. The Morgan fingerprint density at radius 3 is 3.00 bits per heavy atom. The minimum atomic E-state index is -0.989. The molecular formula is C7H11FN2O2. The fourth-order valence-electron chi connectivity index (χ4n) is 1.27. The SMILES string of the molecule is O=CN1CCC(NC(=O)CF)C1. The van der Waals surface area contributed by atoms with Crippen molar-refractivity contribution in [3.63, 3.8) is 0 Å². The molecule has 0 radical (unpaired) electrons. The maximum atomic E-state index is 11.7. The van der Waals surface area contributed by atoms with Crippen LogP contribution in [0, 0.1) is 0 Å². The summed E-state index contributed by atoms with van der Waals surface area (Å²) < 4.78 is 11.7. The lowest BCUT2D eigenvalue weighted by atomic mass is 10.2. The van der Waals surface area contributed by atoms with Gasteiger partial charge in [0, 0.05) is 19.1 Å². The minimum absolute atomic E-state index is 0.0709. The zero-order valence-corrected chi connectivity index (χ0v) is 6.62. The molecule has 1 saturated heterocycles. The van der Waals surface area contributed by atoms with Crippen LogP contribution in [0.15, 0.2) is 0 Å². The summed E-state index contributed by atoms with van der Waals surface area (Å²) in [4.78, 5) is 22.4. The number of likely N-dealkylation sites (tertiary alicyclic amines) is 1. The lowest BCUT2D eigenvalue weighted by molar-refractivity contribution is -0.123. The van der Waals surface area contributed by atoms with Crippen molar-refractivity contribution >= 4 is 12.3 Å². The van der Waals surface area contributed by atoms with Crippen LogP contribution in [-0.4, -0.2) is 43.0 Å². The molecule has 0 aromatic rings. The van der Waals surface area contributed by atoms with Crippen molar-refractivity contribution < 1.29 is 14.0 Å². The van der Waals surface area contributed by atoms with Crippen molar-refractivity contribution in [3.8, 4) is 0 Å². The van der Waals surface area contributed by atoms with Crippen LogP contribution < -0.4 is 5.32 Å². The second-order valence-electron chi connectivity index (χ2n) is 2.79. The number of rotatable bonds is 3. The van der Waals surface area contributed by atoms with Crippen molar-refractivity contribution in [2.24, 2.45) is 0 Å². The molecule has 0 aliphatic carbocycles. The Hall–Kier alpha value is -1.13. The Labute approximate surface area is 69.7 Å². The number of nitrogens with zero attached hydrogens (tertiary/aromatic N) is 1. The van der Waals surface area contributed by atoms with Crippen LogP contribution in [0.4, 0.5) is 4.39 Å². The predicted octanol–water partition coefficient (Wildman–Crippen LogP) is -0.697. The molecule has 1 aliphatic rings. The quantitative estimate of drug-likeness (QED) is 0.575. The molecule has 68 valence electrons. The van der Waals surface area contributed by atoms with Crippen LogP contribution >= 0.6 is 0 Å². The van der Waals surface area contributed by atoms with Gasteiger partial charge in [0.25, 0.3) is 5.91 Å². The Bertz CT molecular complexity index is 186. The summed E-state index contributed by atoms with van der Waals surface area (Å²) in [5.41, 5.74) is 0. The summed E-state index contributed by atoms with van der Waals surface area (Å²) in [7, 11) is 0. The molecule has 2 amide bonds. The normalized spacial score (nSPS) is 22.4. The third kappa shape index (κ3) is 2.18. The number of carbonyl (C=O) groups is 2. The van der Waals surface area contributed by atoms with Crippen LogP contribution in [0.5, 0.6) is 0 Å². The molecule has 1 atom stereocenters. The van der Waals surface area contributed by atoms with E-state index in [0.29, 0.717) is 19.5 Å². The van der Waals surface area contributed by atoms with Crippen LogP contribution in [0.2, 0.25) is 0 Å². The fraction of sp³-hybridized carbons (Fsp3) is 0.714. The number of carbonyl (C=O) groups excluding carboxylic acids is 2. The van der Waals surface area contributed by atoms with Gasteiger partial charge in [-0.25, -0.2) is 4.39 Å². The third-order valence-electron chi connectivity index (χ3n) is 1.86. The first kappa shape index (κ1) is 8.96. The highest BCUT2D eigenvalue weighted by atomic mass is 19.1. The first-order valence-electron chi connectivity index (χ1n) is 3.81. The number of amides is 2. The van der Waals surface area contributed by atoms with E-state index in [2.05, 4.69) is 5.32 Å². The fourth-order valence-corrected chi connectivity index (χ4v) is 1.27. The van der Waals surface area contributed by atoms with Crippen molar-refractivity contribution in [2.75, 3.05) is 19.8 Å². The maximum absolute atomic E-state index is 11.7. The molecule has 1 N–H and O–H groups in total. The Morgan fingerprint density at radius 1 is 1.75 bits per heavy atom. The number of halogens is 1. The molecule has 1 unspecified atom stereocenters. The summed E-state index contributed by atoms with van der Waals surface area (Å²) in [5.74, 6) is -0.604. The van der Waals surface area contributed by atoms with Crippen molar-refractivity contribution in [3.05, 3.63) is 0 Å². The van der Waals surface area contributed by atoms with Gasteiger partial charge in [-0.3, -0.25) is 9.59 Å². The maximum Gasteiger partial charge on any atom is 0.251 e. The van der Waals surface area contributed by atoms with Crippen molar-refractivity contribution in [1.29, 1.82) is 0 Å². The summed E-state index contributed by atoms with van der Waals surface area (Å²) in [6.45, 7) is 0.146. The van der Waals surface area contributed by atoms with Gasteiger partial charge in [-0.1, -0.05) is 0 Å². The number of hydrogen-bond acceptors (Lipinski definition) is 2. The van der Waals surface area contributed by atoms with E-state index in [0.717, 1.165) is 6.41 Å². The minimum Gasteiger partial charge on any atom is -0.349 e. The summed E-state index contributed by atoms with van der Waals surface area (Å²) in [6, 6.07) is -0.0709. The van der Waals surface area contributed by atoms with Gasteiger partial charge in [0.2, 0.25) is 6.41 Å². The molecule has 12 heavy (non-hydrogen) atoms.